The van der Waals surface area contributed by atoms with Crippen molar-refractivity contribution in [2.75, 3.05) is 25.0 Å². The largest absolute Gasteiger partial charge is 0.501 e. The number of para-hydroxylation sites is 1. The lowest BCUT2D eigenvalue weighted by molar-refractivity contribution is -0.0435. The molecule has 0 saturated carbocycles. The number of sulfone groups is 1. The number of hydrogen-bond acceptors (Lipinski definition) is 4. The molecule has 1 fully saturated rings. The van der Waals surface area contributed by atoms with E-state index in [1.54, 1.807) is 18.0 Å². The van der Waals surface area contributed by atoms with Crippen molar-refractivity contribution in [1.29, 1.82) is 0 Å². The molecule has 0 spiro atoms. The van der Waals surface area contributed by atoms with Gasteiger partial charge in [0.15, 0.2) is 0 Å². The number of anilines is 1. The first-order valence-corrected chi connectivity index (χ1v) is 8.08. The van der Waals surface area contributed by atoms with E-state index in [4.69, 9.17) is 0 Å². The maximum atomic E-state index is 12.8. The van der Waals surface area contributed by atoms with Gasteiger partial charge in [-0.3, -0.25) is 0 Å². The highest BCUT2D eigenvalue weighted by molar-refractivity contribution is 7.92. The van der Waals surface area contributed by atoms with Gasteiger partial charge in [-0.25, -0.2) is 8.42 Å². The maximum absolute atomic E-state index is 12.8. The third-order valence-electron chi connectivity index (χ3n) is 3.63. The summed E-state index contributed by atoms with van der Waals surface area (Å²) in [5, 5.41) is 3.08. The van der Waals surface area contributed by atoms with E-state index in [-0.39, 0.29) is 11.7 Å². The van der Waals surface area contributed by atoms with Gasteiger partial charge in [0.2, 0.25) is 0 Å². The summed E-state index contributed by atoms with van der Waals surface area (Å²) in [4.78, 5) is 1.03. The van der Waals surface area contributed by atoms with Gasteiger partial charge in [0.1, 0.15) is 0 Å². The van der Waals surface area contributed by atoms with Crippen molar-refractivity contribution in [3.8, 4) is 0 Å². The number of alkyl halides is 3. The molecule has 1 unspecified atom stereocenters. The van der Waals surface area contributed by atoms with Gasteiger partial charge in [0.05, 0.1) is 10.6 Å². The quantitative estimate of drug-likeness (QED) is 0.926. The Morgan fingerprint density at radius 3 is 2.57 bits per heavy atom. The molecule has 1 aliphatic rings. The average Bonchev–Trinajstić information content (AvgIpc) is 2.46. The molecular weight excluding hydrogens is 305 g/mol. The van der Waals surface area contributed by atoms with Crippen LogP contribution < -0.4 is 10.2 Å². The van der Waals surface area contributed by atoms with E-state index in [0.29, 0.717) is 13.1 Å². The Balaban J connectivity index is 2.43. The van der Waals surface area contributed by atoms with Crippen LogP contribution in [0.3, 0.4) is 0 Å². The summed E-state index contributed by atoms with van der Waals surface area (Å²) in [5.74, 6) is 0. The molecule has 8 heteroatoms. The fraction of sp³-hybridized carbons (Fsp3) is 0.538. The Bertz CT molecular complexity index is 602. The number of benzene rings is 1. The van der Waals surface area contributed by atoms with Crippen LogP contribution in [0.2, 0.25) is 0 Å². The highest BCUT2D eigenvalue weighted by Crippen LogP contribution is 2.36. The Morgan fingerprint density at radius 2 is 1.95 bits per heavy atom. The second-order valence-corrected chi connectivity index (χ2v) is 6.90. The summed E-state index contributed by atoms with van der Waals surface area (Å²) >= 11 is 0. The van der Waals surface area contributed by atoms with Crippen LogP contribution >= 0.6 is 0 Å². The zero-order valence-electron chi connectivity index (χ0n) is 11.5. The highest BCUT2D eigenvalue weighted by Gasteiger charge is 2.48. The van der Waals surface area contributed by atoms with Crippen molar-refractivity contribution in [3.63, 3.8) is 0 Å². The van der Waals surface area contributed by atoms with Crippen molar-refractivity contribution >= 4 is 15.5 Å². The van der Waals surface area contributed by atoms with Crippen molar-refractivity contribution in [1.82, 2.24) is 5.32 Å². The fourth-order valence-electron chi connectivity index (χ4n) is 2.50. The summed E-state index contributed by atoms with van der Waals surface area (Å²) < 4.78 is 61.8. The number of likely N-dealkylation sites (N-methyl/N-ethyl adjacent to an activating group) is 1. The van der Waals surface area contributed by atoms with Crippen molar-refractivity contribution in [3.05, 3.63) is 24.3 Å². The molecule has 0 aliphatic carbocycles. The number of nitrogens with zero attached hydrogens (tertiary/aromatic N) is 1. The molecule has 1 N–H and O–H groups in total. The third-order valence-corrected chi connectivity index (χ3v) is 5.16. The average molecular weight is 322 g/mol. The van der Waals surface area contributed by atoms with Crippen LogP contribution in [0.5, 0.6) is 0 Å². The maximum Gasteiger partial charge on any atom is 0.501 e. The van der Waals surface area contributed by atoms with Gasteiger partial charge in [-0.05, 0) is 32.0 Å². The molecule has 1 heterocycles. The van der Waals surface area contributed by atoms with E-state index < -0.39 is 20.2 Å². The van der Waals surface area contributed by atoms with Crippen LogP contribution in [0.15, 0.2) is 29.2 Å². The molecule has 2 rings (SSSR count). The molecule has 0 amide bonds. The predicted octanol–water partition coefficient (Wildman–Crippen LogP) is 2.17. The van der Waals surface area contributed by atoms with Gasteiger partial charge in [0, 0.05) is 19.1 Å². The lowest BCUT2D eigenvalue weighted by Gasteiger charge is -2.35. The van der Waals surface area contributed by atoms with Crippen LogP contribution in [-0.4, -0.2) is 40.1 Å². The number of piperidine rings is 1. The van der Waals surface area contributed by atoms with Crippen LogP contribution in [0.4, 0.5) is 18.9 Å². The van der Waals surface area contributed by atoms with E-state index >= 15 is 0 Å². The van der Waals surface area contributed by atoms with Gasteiger partial charge >= 0.3 is 5.51 Å². The SMILES string of the molecule is CNC1CCCN(c2ccccc2S(=O)(=O)C(F)(F)F)C1. The summed E-state index contributed by atoms with van der Waals surface area (Å²) in [5.41, 5.74) is -5.17. The number of hydrogen-bond donors (Lipinski definition) is 1. The van der Waals surface area contributed by atoms with Crippen LogP contribution in [0, 0.1) is 0 Å². The Morgan fingerprint density at radius 1 is 1.29 bits per heavy atom. The number of halogens is 3. The summed E-state index contributed by atoms with van der Waals surface area (Å²) in [6.07, 6.45) is 1.72. The lowest BCUT2D eigenvalue weighted by Crippen LogP contribution is -2.45. The van der Waals surface area contributed by atoms with Crippen LogP contribution in [0.25, 0.3) is 0 Å². The van der Waals surface area contributed by atoms with E-state index in [9.17, 15) is 21.6 Å². The first-order chi connectivity index (χ1) is 9.77. The minimum atomic E-state index is -5.34. The molecule has 118 valence electrons. The molecule has 1 aromatic rings. The zero-order chi connectivity index (χ0) is 15.7. The van der Waals surface area contributed by atoms with Crippen LogP contribution in [0.1, 0.15) is 12.8 Å². The van der Waals surface area contributed by atoms with Crippen molar-refractivity contribution < 1.29 is 21.6 Å². The standard InChI is InChI=1S/C13H17F3N2O2S/c1-17-10-5-4-8-18(9-10)11-6-2-3-7-12(11)21(19,20)13(14,15)16/h2-3,6-7,10,17H,4-5,8-9H2,1H3. The minimum absolute atomic E-state index is 0.120. The van der Waals surface area contributed by atoms with E-state index in [0.717, 1.165) is 18.9 Å². The molecule has 0 bridgehead atoms. The normalized spacial score (nSPS) is 20.6. The van der Waals surface area contributed by atoms with Gasteiger partial charge < -0.3 is 10.2 Å². The molecule has 1 aromatic carbocycles. The summed E-state index contributed by atoms with van der Waals surface area (Å²) in [6, 6.07) is 5.44. The van der Waals surface area contributed by atoms with E-state index in [2.05, 4.69) is 5.32 Å². The molecule has 0 radical (unpaired) electrons. The van der Waals surface area contributed by atoms with Crippen molar-refractivity contribution in [2.45, 2.75) is 29.3 Å². The van der Waals surface area contributed by atoms with Gasteiger partial charge in [-0.15, -0.1) is 0 Å². The smallest absolute Gasteiger partial charge is 0.369 e. The Labute approximate surface area is 121 Å². The molecular formula is C13H17F3N2O2S. The Hall–Kier alpha value is -1.28. The summed E-state index contributed by atoms with van der Waals surface area (Å²) in [7, 11) is -3.56. The second kappa shape index (κ2) is 5.84. The number of rotatable bonds is 3. The first-order valence-electron chi connectivity index (χ1n) is 6.60. The third kappa shape index (κ3) is 3.16. The second-order valence-electron chi connectivity index (χ2n) is 4.99. The van der Waals surface area contributed by atoms with Gasteiger partial charge in [-0.2, -0.15) is 13.2 Å². The van der Waals surface area contributed by atoms with Crippen LogP contribution in [-0.2, 0) is 9.84 Å². The molecule has 1 aliphatic heterocycles. The minimum Gasteiger partial charge on any atom is -0.369 e. The molecule has 0 aromatic heterocycles. The molecule has 21 heavy (non-hydrogen) atoms. The summed E-state index contributed by atoms with van der Waals surface area (Å²) in [6.45, 7) is 1.03. The van der Waals surface area contributed by atoms with Gasteiger partial charge in [0.25, 0.3) is 9.84 Å². The monoisotopic (exact) mass is 322 g/mol. The predicted molar refractivity (Wildman–Crippen MR) is 74.0 cm³/mol. The molecule has 1 atom stereocenters. The lowest BCUT2D eigenvalue weighted by atomic mass is 10.1. The van der Waals surface area contributed by atoms with E-state index in [1.165, 1.54) is 12.1 Å². The first kappa shape index (κ1) is 16.1. The molecule has 1 saturated heterocycles. The van der Waals surface area contributed by atoms with Crippen molar-refractivity contribution in [2.24, 2.45) is 0 Å². The number of nitrogens with one attached hydrogen (secondary N) is 1. The van der Waals surface area contributed by atoms with Gasteiger partial charge in [-0.1, -0.05) is 12.1 Å². The topological polar surface area (TPSA) is 49.4 Å². The molecule has 4 nitrogen and oxygen atoms in total. The highest BCUT2D eigenvalue weighted by atomic mass is 32.2. The Kier molecular flexibility index (Phi) is 4.48. The zero-order valence-corrected chi connectivity index (χ0v) is 12.3. The van der Waals surface area contributed by atoms with E-state index in [1.807, 2.05) is 0 Å². The fourth-order valence-corrected chi connectivity index (χ4v) is 3.48.